The molecule has 0 aromatic carbocycles. The number of hydrogen-bond donors (Lipinski definition) is 2. The number of carbonyl (C=O) groups is 3. The van der Waals surface area contributed by atoms with Crippen molar-refractivity contribution in [2.45, 2.75) is 57.0 Å². The molecule has 1 atom stereocenters. The summed E-state index contributed by atoms with van der Waals surface area (Å²) in [6.07, 6.45) is 6.82. The van der Waals surface area contributed by atoms with Crippen LogP contribution >= 0.6 is 0 Å². The van der Waals surface area contributed by atoms with Crippen molar-refractivity contribution >= 4 is 17.8 Å². The number of urea groups is 1. The fourth-order valence-electron chi connectivity index (χ4n) is 3.66. The summed E-state index contributed by atoms with van der Waals surface area (Å²) in [5.74, 6) is -0.0583. The van der Waals surface area contributed by atoms with Gasteiger partial charge in [0.15, 0.2) is 0 Å². The molecule has 128 valence electrons. The Balaban J connectivity index is 1.43. The van der Waals surface area contributed by atoms with E-state index in [1.807, 2.05) is 0 Å². The van der Waals surface area contributed by atoms with E-state index in [1.165, 1.54) is 19.3 Å². The monoisotopic (exact) mass is 322 g/mol. The van der Waals surface area contributed by atoms with Crippen molar-refractivity contribution in [1.82, 2.24) is 20.4 Å². The topological polar surface area (TPSA) is 81.8 Å². The minimum absolute atomic E-state index is 0.00170. The van der Waals surface area contributed by atoms with Crippen molar-refractivity contribution in [2.24, 2.45) is 0 Å². The number of nitrogens with zero attached hydrogens (tertiary/aromatic N) is 2. The van der Waals surface area contributed by atoms with Crippen molar-refractivity contribution in [1.29, 1.82) is 0 Å². The molecule has 3 fully saturated rings. The predicted octanol–water partition coefficient (Wildman–Crippen LogP) is 0.452. The van der Waals surface area contributed by atoms with Gasteiger partial charge in [-0.3, -0.25) is 9.59 Å². The molecule has 2 heterocycles. The highest BCUT2D eigenvalue weighted by molar-refractivity contribution is 5.91. The molecule has 3 aliphatic rings. The Morgan fingerprint density at radius 3 is 2.22 bits per heavy atom. The van der Waals surface area contributed by atoms with Gasteiger partial charge >= 0.3 is 6.03 Å². The summed E-state index contributed by atoms with van der Waals surface area (Å²) >= 11 is 0. The molecule has 1 unspecified atom stereocenters. The molecule has 1 saturated carbocycles. The van der Waals surface area contributed by atoms with E-state index in [0.717, 1.165) is 12.8 Å². The molecule has 0 spiro atoms. The zero-order chi connectivity index (χ0) is 16.2. The lowest BCUT2D eigenvalue weighted by Gasteiger charge is -2.36. The summed E-state index contributed by atoms with van der Waals surface area (Å²) in [6.45, 7) is 2.21. The van der Waals surface area contributed by atoms with Gasteiger partial charge in [0.05, 0.1) is 0 Å². The second-order valence-corrected chi connectivity index (χ2v) is 6.76. The van der Waals surface area contributed by atoms with E-state index >= 15 is 0 Å². The van der Waals surface area contributed by atoms with Crippen LogP contribution in [0.3, 0.4) is 0 Å². The van der Waals surface area contributed by atoms with Crippen LogP contribution in [0.5, 0.6) is 0 Å². The lowest BCUT2D eigenvalue weighted by molar-refractivity contribution is -0.135. The Kier molecular flexibility index (Phi) is 5.03. The molecule has 0 radical (unpaired) electrons. The van der Waals surface area contributed by atoms with Crippen molar-refractivity contribution in [3.05, 3.63) is 0 Å². The smallest absolute Gasteiger partial charge is 0.317 e. The van der Waals surface area contributed by atoms with Crippen LogP contribution < -0.4 is 10.6 Å². The highest BCUT2D eigenvalue weighted by Crippen LogP contribution is 2.18. The summed E-state index contributed by atoms with van der Waals surface area (Å²) in [6, 6.07) is -0.0621. The van der Waals surface area contributed by atoms with Gasteiger partial charge in [0.1, 0.15) is 6.04 Å². The molecule has 23 heavy (non-hydrogen) atoms. The number of piperazine rings is 1. The minimum Gasteiger partial charge on any atom is -0.344 e. The maximum atomic E-state index is 12.3. The Bertz CT molecular complexity index is 468. The first kappa shape index (κ1) is 16.1. The first-order valence-electron chi connectivity index (χ1n) is 8.77. The van der Waals surface area contributed by atoms with Gasteiger partial charge in [0.2, 0.25) is 11.8 Å². The third-order valence-electron chi connectivity index (χ3n) is 5.10. The maximum absolute atomic E-state index is 12.3. The first-order valence-corrected chi connectivity index (χ1v) is 8.77. The standard InChI is InChI=1S/C16H26N4O3/c21-14-7-6-13(18-14)15(22)19-8-10-20(11-9-19)16(23)17-12-4-2-1-3-5-12/h12-13H,1-11H2,(H,17,23)(H,18,21). The van der Waals surface area contributed by atoms with Gasteiger partial charge in [-0.05, 0) is 19.3 Å². The van der Waals surface area contributed by atoms with Crippen LogP contribution in [0, 0.1) is 0 Å². The van der Waals surface area contributed by atoms with Crippen LogP contribution in [-0.2, 0) is 9.59 Å². The largest absolute Gasteiger partial charge is 0.344 e. The zero-order valence-electron chi connectivity index (χ0n) is 13.6. The molecule has 0 bridgehead atoms. The van der Waals surface area contributed by atoms with Gasteiger partial charge in [-0.1, -0.05) is 19.3 Å². The summed E-state index contributed by atoms with van der Waals surface area (Å²) in [5.41, 5.74) is 0. The van der Waals surface area contributed by atoms with Gasteiger partial charge in [-0.15, -0.1) is 0 Å². The molecule has 4 amide bonds. The normalized spacial score (nSPS) is 26.1. The SMILES string of the molecule is O=C1CCC(C(=O)N2CCN(C(=O)NC3CCCCC3)CC2)N1. The predicted molar refractivity (Wildman–Crippen MR) is 84.7 cm³/mol. The van der Waals surface area contributed by atoms with E-state index in [0.29, 0.717) is 45.1 Å². The number of nitrogens with one attached hydrogen (secondary N) is 2. The number of amides is 4. The van der Waals surface area contributed by atoms with Crippen LogP contribution in [0.4, 0.5) is 4.79 Å². The van der Waals surface area contributed by atoms with Crippen molar-refractivity contribution < 1.29 is 14.4 Å². The highest BCUT2D eigenvalue weighted by atomic mass is 16.2. The van der Waals surface area contributed by atoms with Crippen molar-refractivity contribution in [3.63, 3.8) is 0 Å². The molecule has 0 aromatic heterocycles. The molecule has 3 rings (SSSR count). The second-order valence-electron chi connectivity index (χ2n) is 6.76. The molecule has 0 aromatic rings. The number of hydrogen-bond acceptors (Lipinski definition) is 3. The third-order valence-corrected chi connectivity index (χ3v) is 5.10. The van der Waals surface area contributed by atoms with Crippen LogP contribution in [0.1, 0.15) is 44.9 Å². The summed E-state index contributed by atoms with van der Waals surface area (Å²) < 4.78 is 0. The molecule has 2 saturated heterocycles. The minimum atomic E-state index is -0.370. The Hall–Kier alpha value is -1.79. The third kappa shape index (κ3) is 3.95. The molecular formula is C16H26N4O3. The lowest BCUT2D eigenvalue weighted by atomic mass is 9.96. The molecule has 7 heteroatoms. The summed E-state index contributed by atoms with van der Waals surface area (Å²) in [7, 11) is 0. The molecule has 1 aliphatic carbocycles. The maximum Gasteiger partial charge on any atom is 0.317 e. The van der Waals surface area contributed by atoms with E-state index in [9.17, 15) is 14.4 Å². The van der Waals surface area contributed by atoms with Gasteiger partial charge < -0.3 is 20.4 Å². The van der Waals surface area contributed by atoms with Crippen molar-refractivity contribution in [2.75, 3.05) is 26.2 Å². The molecule has 2 aliphatic heterocycles. The Morgan fingerprint density at radius 1 is 0.957 bits per heavy atom. The molecule has 2 N–H and O–H groups in total. The van der Waals surface area contributed by atoms with E-state index in [2.05, 4.69) is 10.6 Å². The molecule has 7 nitrogen and oxygen atoms in total. The number of rotatable bonds is 2. The van der Waals surface area contributed by atoms with Crippen LogP contribution in [0.2, 0.25) is 0 Å². The van der Waals surface area contributed by atoms with Gasteiger partial charge in [0, 0.05) is 38.6 Å². The zero-order valence-corrected chi connectivity index (χ0v) is 13.6. The average molecular weight is 322 g/mol. The first-order chi connectivity index (χ1) is 11.1. The quantitative estimate of drug-likeness (QED) is 0.774. The van der Waals surface area contributed by atoms with Crippen LogP contribution in [0.15, 0.2) is 0 Å². The van der Waals surface area contributed by atoms with Crippen molar-refractivity contribution in [3.8, 4) is 0 Å². The number of carbonyl (C=O) groups excluding carboxylic acids is 3. The summed E-state index contributed by atoms with van der Waals surface area (Å²) in [4.78, 5) is 39.4. The van der Waals surface area contributed by atoms with Gasteiger partial charge in [0.25, 0.3) is 0 Å². The van der Waals surface area contributed by atoms with E-state index in [-0.39, 0.29) is 23.9 Å². The van der Waals surface area contributed by atoms with Crippen LogP contribution in [-0.4, -0.2) is 65.9 Å². The van der Waals surface area contributed by atoms with E-state index in [1.54, 1.807) is 9.80 Å². The lowest BCUT2D eigenvalue weighted by Crippen LogP contribution is -2.57. The Labute approximate surface area is 136 Å². The second kappa shape index (κ2) is 7.19. The fraction of sp³-hybridized carbons (Fsp3) is 0.812. The highest BCUT2D eigenvalue weighted by Gasteiger charge is 2.33. The van der Waals surface area contributed by atoms with E-state index < -0.39 is 0 Å². The molecular weight excluding hydrogens is 296 g/mol. The van der Waals surface area contributed by atoms with Crippen LogP contribution in [0.25, 0.3) is 0 Å². The average Bonchev–Trinajstić information content (AvgIpc) is 3.02. The summed E-state index contributed by atoms with van der Waals surface area (Å²) in [5, 5.41) is 5.84. The van der Waals surface area contributed by atoms with Gasteiger partial charge in [-0.25, -0.2) is 4.79 Å². The Morgan fingerprint density at radius 2 is 1.61 bits per heavy atom. The fourth-order valence-corrected chi connectivity index (χ4v) is 3.66. The van der Waals surface area contributed by atoms with E-state index in [4.69, 9.17) is 0 Å². The van der Waals surface area contributed by atoms with Gasteiger partial charge in [-0.2, -0.15) is 0 Å².